The van der Waals surface area contributed by atoms with E-state index in [0.717, 1.165) is 11.4 Å². The molecule has 0 bridgehead atoms. The molecule has 0 fully saturated rings. The second kappa shape index (κ2) is 3.23. The first-order valence-corrected chi connectivity index (χ1v) is 4.25. The molecule has 1 amide bonds. The van der Waals surface area contributed by atoms with Crippen LogP contribution in [0.2, 0.25) is 0 Å². The lowest BCUT2D eigenvalue weighted by molar-refractivity contribution is 0.0999. The topological polar surface area (TPSA) is 56.0 Å². The molecule has 0 aliphatic heterocycles. The average Bonchev–Trinajstić information content (AvgIpc) is 1.96. The third-order valence-electron chi connectivity index (χ3n) is 1.52. The van der Waals surface area contributed by atoms with E-state index < -0.39 is 5.91 Å². The van der Waals surface area contributed by atoms with Crippen LogP contribution in [0.15, 0.2) is 10.5 Å². The molecule has 0 saturated heterocycles. The summed E-state index contributed by atoms with van der Waals surface area (Å²) in [5.74, 6) is -0.435. The van der Waals surface area contributed by atoms with Gasteiger partial charge in [0.1, 0.15) is 0 Å². The minimum Gasteiger partial charge on any atom is -0.366 e. The van der Waals surface area contributed by atoms with E-state index in [4.69, 9.17) is 5.73 Å². The second-order valence-corrected chi connectivity index (χ2v) is 3.37. The van der Waals surface area contributed by atoms with Gasteiger partial charge in [0.05, 0.1) is 15.7 Å². The summed E-state index contributed by atoms with van der Waals surface area (Å²) in [5, 5.41) is 0. The molecule has 0 spiro atoms. The number of primary amides is 1. The van der Waals surface area contributed by atoms with Gasteiger partial charge >= 0.3 is 0 Å². The fraction of sp³-hybridized carbons (Fsp3) is 0.250. The van der Waals surface area contributed by atoms with Crippen LogP contribution in [0, 0.1) is 13.8 Å². The molecule has 1 rings (SSSR count). The number of hydrogen-bond donors (Lipinski definition) is 1. The van der Waals surface area contributed by atoms with E-state index in [1.54, 1.807) is 6.07 Å². The minimum absolute atomic E-state index is 0.435. The molecule has 2 N–H and O–H groups in total. The minimum atomic E-state index is -0.435. The van der Waals surface area contributed by atoms with Crippen LogP contribution >= 0.6 is 15.9 Å². The molecule has 0 atom stereocenters. The number of nitrogens with zero attached hydrogens (tertiary/aromatic N) is 1. The number of carbonyl (C=O) groups is 1. The Labute approximate surface area is 79.1 Å². The number of amides is 1. The van der Waals surface area contributed by atoms with Crippen molar-refractivity contribution in [2.24, 2.45) is 5.73 Å². The van der Waals surface area contributed by atoms with Crippen LogP contribution in [0.1, 0.15) is 21.7 Å². The maximum Gasteiger partial charge on any atom is 0.249 e. The largest absolute Gasteiger partial charge is 0.366 e. The van der Waals surface area contributed by atoms with Crippen molar-refractivity contribution in [2.45, 2.75) is 13.8 Å². The van der Waals surface area contributed by atoms with Crippen LogP contribution in [-0.4, -0.2) is 10.9 Å². The number of hydrogen-bond acceptors (Lipinski definition) is 2. The third kappa shape index (κ3) is 1.64. The zero-order valence-electron chi connectivity index (χ0n) is 6.89. The molecular formula is C8H9BrN2O. The van der Waals surface area contributed by atoms with Gasteiger partial charge < -0.3 is 5.73 Å². The van der Waals surface area contributed by atoms with Crippen molar-refractivity contribution in [3.8, 4) is 0 Å². The highest BCUT2D eigenvalue weighted by Gasteiger charge is 2.09. The van der Waals surface area contributed by atoms with Crippen molar-refractivity contribution in [3.63, 3.8) is 0 Å². The quantitative estimate of drug-likeness (QED) is 0.794. The molecule has 0 aliphatic carbocycles. The van der Waals surface area contributed by atoms with Gasteiger partial charge in [-0.3, -0.25) is 9.78 Å². The van der Waals surface area contributed by atoms with E-state index in [1.165, 1.54) is 0 Å². The summed E-state index contributed by atoms with van der Waals surface area (Å²) in [6, 6.07) is 1.67. The number of halogens is 1. The smallest absolute Gasteiger partial charge is 0.249 e. The van der Waals surface area contributed by atoms with Gasteiger partial charge in [0.25, 0.3) is 0 Å². The van der Waals surface area contributed by atoms with E-state index in [-0.39, 0.29) is 0 Å². The SMILES string of the molecule is Cc1cc(C(N)=O)c(Br)c(C)n1. The summed E-state index contributed by atoms with van der Waals surface area (Å²) in [4.78, 5) is 15.1. The standard InChI is InChI=1S/C8H9BrN2O/c1-4-3-6(8(10)12)7(9)5(2)11-4/h3H,1-2H3,(H2,10,12). The molecule has 64 valence electrons. The van der Waals surface area contributed by atoms with Crippen molar-refractivity contribution in [1.29, 1.82) is 0 Å². The Morgan fingerprint density at radius 1 is 1.58 bits per heavy atom. The van der Waals surface area contributed by atoms with Crippen LogP contribution < -0.4 is 5.73 Å². The summed E-state index contributed by atoms with van der Waals surface area (Å²) in [7, 11) is 0. The molecular weight excluding hydrogens is 220 g/mol. The molecule has 0 radical (unpaired) electrons. The van der Waals surface area contributed by atoms with Crippen LogP contribution in [0.5, 0.6) is 0 Å². The van der Waals surface area contributed by atoms with Crippen LogP contribution in [0.4, 0.5) is 0 Å². The molecule has 0 aliphatic rings. The van der Waals surface area contributed by atoms with Crippen molar-refractivity contribution in [3.05, 3.63) is 27.5 Å². The van der Waals surface area contributed by atoms with Crippen molar-refractivity contribution < 1.29 is 4.79 Å². The normalized spacial score (nSPS) is 9.92. The summed E-state index contributed by atoms with van der Waals surface area (Å²) in [6.07, 6.45) is 0. The lowest BCUT2D eigenvalue weighted by Crippen LogP contribution is -2.13. The molecule has 0 unspecified atom stereocenters. The van der Waals surface area contributed by atoms with Crippen molar-refractivity contribution in [1.82, 2.24) is 4.98 Å². The lowest BCUT2D eigenvalue weighted by Gasteiger charge is -2.03. The highest BCUT2D eigenvalue weighted by molar-refractivity contribution is 9.10. The van der Waals surface area contributed by atoms with Crippen LogP contribution in [0.25, 0.3) is 0 Å². The number of aryl methyl sites for hydroxylation is 2. The second-order valence-electron chi connectivity index (χ2n) is 2.57. The Morgan fingerprint density at radius 3 is 2.67 bits per heavy atom. The zero-order chi connectivity index (χ0) is 9.30. The first-order chi connectivity index (χ1) is 5.52. The van der Waals surface area contributed by atoms with Crippen molar-refractivity contribution in [2.75, 3.05) is 0 Å². The summed E-state index contributed by atoms with van der Waals surface area (Å²) >= 11 is 3.25. The summed E-state index contributed by atoms with van der Waals surface area (Å²) in [5.41, 5.74) is 7.22. The Hall–Kier alpha value is -0.900. The number of nitrogens with two attached hydrogens (primary N) is 1. The lowest BCUT2D eigenvalue weighted by atomic mass is 10.2. The van der Waals surface area contributed by atoms with Gasteiger partial charge in [-0.15, -0.1) is 0 Å². The van der Waals surface area contributed by atoms with Crippen molar-refractivity contribution >= 4 is 21.8 Å². The Bertz CT molecular complexity index is 336. The molecule has 1 aromatic rings. The Balaban J connectivity index is 3.37. The number of carbonyl (C=O) groups excluding carboxylic acids is 1. The predicted octanol–water partition coefficient (Wildman–Crippen LogP) is 1.56. The van der Waals surface area contributed by atoms with Gasteiger partial charge in [-0.2, -0.15) is 0 Å². The first-order valence-electron chi connectivity index (χ1n) is 3.46. The van der Waals surface area contributed by atoms with E-state index in [9.17, 15) is 4.79 Å². The fourth-order valence-electron chi connectivity index (χ4n) is 0.992. The average molecular weight is 229 g/mol. The highest BCUT2D eigenvalue weighted by Crippen LogP contribution is 2.19. The molecule has 0 aromatic carbocycles. The molecule has 1 aromatic heterocycles. The van der Waals surface area contributed by atoms with Gasteiger partial charge in [-0.25, -0.2) is 0 Å². The molecule has 1 heterocycles. The molecule has 0 saturated carbocycles. The van der Waals surface area contributed by atoms with E-state index in [1.807, 2.05) is 13.8 Å². The molecule has 3 nitrogen and oxygen atoms in total. The fourth-order valence-corrected chi connectivity index (χ4v) is 1.39. The van der Waals surface area contributed by atoms with E-state index >= 15 is 0 Å². The van der Waals surface area contributed by atoms with E-state index in [0.29, 0.717) is 10.0 Å². The number of aromatic nitrogens is 1. The zero-order valence-corrected chi connectivity index (χ0v) is 8.47. The van der Waals surface area contributed by atoms with Crippen LogP contribution in [0.3, 0.4) is 0 Å². The monoisotopic (exact) mass is 228 g/mol. The van der Waals surface area contributed by atoms with Gasteiger partial charge in [-0.1, -0.05) is 0 Å². The maximum absolute atomic E-state index is 10.9. The maximum atomic E-state index is 10.9. The molecule has 4 heteroatoms. The number of rotatable bonds is 1. The summed E-state index contributed by atoms with van der Waals surface area (Å²) in [6.45, 7) is 3.65. The van der Waals surface area contributed by atoms with E-state index in [2.05, 4.69) is 20.9 Å². The highest BCUT2D eigenvalue weighted by atomic mass is 79.9. The predicted molar refractivity (Wildman–Crippen MR) is 49.9 cm³/mol. The first kappa shape index (κ1) is 9.19. The molecule has 12 heavy (non-hydrogen) atoms. The number of pyridine rings is 1. The van der Waals surface area contributed by atoms with Gasteiger partial charge in [0.15, 0.2) is 0 Å². The third-order valence-corrected chi connectivity index (χ3v) is 2.52. The Kier molecular flexibility index (Phi) is 2.47. The van der Waals surface area contributed by atoms with Gasteiger partial charge in [-0.05, 0) is 35.8 Å². The van der Waals surface area contributed by atoms with Crippen LogP contribution in [-0.2, 0) is 0 Å². The van der Waals surface area contributed by atoms with Gasteiger partial charge in [0, 0.05) is 5.69 Å². The summed E-state index contributed by atoms with van der Waals surface area (Å²) < 4.78 is 0.681. The Morgan fingerprint density at radius 2 is 2.17 bits per heavy atom. The van der Waals surface area contributed by atoms with Gasteiger partial charge in [0.2, 0.25) is 5.91 Å².